The van der Waals surface area contributed by atoms with Gasteiger partial charge in [-0.3, -0.25) is 9.36 Å². The Labute approximate surface area is 156 Å². The number of halogens is 1. The Morgan fingerprint density at radius 2 is 2.24 bits per heavy atom. The minimum absolute atomic E-state index is 0.164. The Morgan fingerprint density at radius 1 is 1.48 bits per heavy atom. The number of hydrogen-bond donors (Lipinski definition) is 0. The van der Waals surface area contributed by atoms with Gasteiger partial charge in [0.2, 0.25) is 0 Å². The standard InChI is InChI=1S/C17H20ClN3O3S/c1-5-8-21-16(19-20-17(21)25-10-15(22)23-4)12(3)24-14-7-6-13(18)9-11(14)2/h5-7,9,12H,1,8,10H2,2-4H3. The lowest BCUT2D eigenvalue weighted by Crippen LogP contribution is -2.13. The van der Waals surface area contributed by atoms with E-state index < -0.39 is 0 Å². The maximum atomic E-state index is 11.3. The second-order valence-electron chi connectivity index (χ2n) is 5.27. The zero-order valence-corrected chi connectivity index (χ0v) is 15.9. The number of allylic oxidation sites excluding steroid dienone is 1. The van der Waals surface area contributed by atoms with E-state index in [1.807, 2.05) is 30.5 Å². The lowest BCUT2D eigenvalue weighted by molar-refractivity contribution is -0.137. The summed E-state index contributed by atoms with van der Waals surface area (Å²) in [6, 6.07) is 5.45. The molecule has 1 aromatic carbocycles. The number of aryl methyl sites for hydroxylation is 1. The normalized spacial score (nSPS) is 11.8. The molecule has 0 saturated heterocycles. The van der Waals surface area contributed by atoms with Crippen molar-refractivity contribution in [2.24, 2.45) is 0 Å². The number of methoxy groups -OCH3 is 1. The molecule has 2 rings (SSSR count). The molecule has 1 aromatic heterocycles. The average Bonchev–Trinajstić information content (AvgIpc) is 2.98. The largest absolute Gasteiger partial charge is 0.482 e. The molecule has 0 amide bonds. The maximum Gasteiger partial charge on any atom is 0.316 e. The van der Waals surface area contributed by atoms with Crippen molar-refractivity contribution in [2.45, 2.75) is 31.7 Å². The van der Waals surface area contributed by atoms with Gasteiger partial charge >= 0.3 is 5.97 Å². The molecular formula is C17H20ClN3O3S. The molecule has 0 aliphatic heterocycles. The highest BCUT2D eigenvalue weighted by Crippen LogP contribution is 2.28. The first kappa shape index (κ1) is 19.3. The van der Waals surface area contributed by atoms with E-state index in [1.54, 1.807) is 12.1 Å². The number of rotatable bonds is 8. The van der Waals surface area contributed by atoms with Gasteiger partial charge < -0.3 is 9.47 Å². The Morgan fingerprint density at radius 3 is 2.88 bits per heavy atom. The molecule has 25 heavy (non-hydrogen) atoms. The van der Waals surface area contributed by atoms with Gasteiger partial charge in [0.25, 0.3) is 0 Å². The number of benzene rings is 1. The van der Waals surface area contributed by atoms with Crippen LogP contribution < -0.4 is 4.74 Å². The third kappa shape index (κ3) is 4.99. The van der Waals surface area contributed by atoms with Crippen LogP contribution in [0, 0.1) is 6.92 Å². The van der Waals surface area contributed by atoms with Crippen LogP contribution in [-0.2, 0) is 16.1 Å². The lowest BCUT2D eigenvalue weighted by atomic mass is 10.2. The molecule has 1 atom stereocenters. The van der Waals surface area contributed by atoms with Gasteiger partial charge in [0.1, 0.15) is 5.75 Å². The van der Waals surface area contributed by atoms with Gasteiger partial charge in [-0.05, 0) is 37.6 Å². The predicted molar refractivity (Wildman–Crippen MR) is 98.2 cm³/mol. The second-order valence-corrected chi connectivity index (χ2v) is 6.65. The first-order valence-corrected chi connectivity index (χ1v) is 8.99. The van der Waals surface area contributed by atoms with Crippen molar-refractivity contribution in [3.8, 4) is 5.75 Å². The van der Waals surface area contributed by atoms with Crippen molar-refractivity contribution in [3.05, 3.63) is 47.3 Å². The highest BCUT2D eigenvalue weighted by molar-refractivity contribution is 7.99. The molecule has 0 N–H and O–H groups in total. The summed E-state index contributed by atoms with van der Waals surface area (Å²) in [7, 11) is 1.35. The molecule has 1 unspecified atom stereocenters. The van der Waals surface area contributed by atoms with E-state index in [0.29, 0.717) is 22.5 Å². The van der Waals surface area contributed by atoms with Crippen LogP contribution in [0.15, 0.2) is 36.0 Å². The zero-order chi connectivity index (χ0) is 18.4. The third-order valence-electron chi connectivity index (χ3n) is 3.41. The number of hydrogen-bond acceptors (Lipinski definition) is 6. The molecule has 0 saturated carbocycles. The Hall–Kier alpha value is -1.99. The number of esters is 1. The highest BCUT2D eigenvalue weighted by atomic mass is 35.5. The molecule has 0 aliphatic carbocycles. The van der Waals surface area contributed by atoms with E-state index in [2.05, 4.69) is 21.5 Å². The summed E-state index contributed by atoms with van der Waals surface area (Å²) < 4.78 is 12.5. The van der Waals surface area contributed by atoms with Gasteiger partial charge in [0.05, 0.1) is 12.9 Å². The summed E-state index contributed by atoms with van der Waals surface area (Å²) in [6.45, 7) is 8.10. The quantitative estimate of drug-likeness (QED) is 0.393. The van der Waals surface area contributed by atoms with E-state index in [9.17, 15) is 4.79 Å². The van der Waals surface area contributed by atoms with Gasteiger partial charge in [-0.1, -0.05) is 29.4 Å². The monoisotopic (exact) mass is 381 g/mol. The molecule has 6 nitrogen and oxygen atoms in total. The molecular weight excluding hydrogens is 362 g/mol. The van der Waals surface area contributed by atoms with E-state index in [4.69, 9.17) is 16.3 Å². The number of ether oxygens (including phenoxy) is 2. The van der Waals surface area contributed by atoms with E-state index in [-0.39, 0.29) is 17.8 Å². The highest BCUT2D eigenvalue weighted by Gasteiger charge is 2.20. The van der Waals surface area contributed by atoms with Crippen LogP contribution >= 0.6 is 23.4 Å². The van der Waals surface area contributed by atoms with Gasteiger partial charge in [-0.15, -0.1) is 16.8 Å². The lowest BCUT2D eigenvalue weighted by Gasteiger charge is -2.17. The van der Waals surface area contributed by atoms with Crippen LogP contribution in [0.3, 0.4) is 0 Å². The van der Waals surface area contributed by atoms with E-state index in [1.165, 1.54) is 18.9 Å². The van der Waals surface area contributed by atoms with Crippen LogP contribution in [0.4, 0.5) is 0 Å². The summed E-state index contributed by atoms with van der Waals surface area (Å²) in [5.41, 5.74) is 0.939. The average molecular weight is 382 g/mol. The van der Waals surface area contributed by atoms with Gasteiger partial charge in [-0.2, -0.15) is 0 Å². The molecule has 0 fully saturated rings. The Kier molecular flexibility index (Phi) is 6.90. The Bertz CT molecular complexity index is 764. The van der Waals surface area contributed by atoms with Crippen molar-refractivity contribution < 1.29 is 14.3 Å². The van der Waals surface area contributed by atoms with Gasteiger partial charge in [0.15, 0.2) is 17.1 Å². The summed E-state index contributed by atoms with van der Waals surface area (Å²) in [4.78, 5) is 11.3. The fourth-order valence-electron chi connectivity index (χ4n) is 2.18. The number of carbonyl (C=O) groups is 1. The fourth-order valence-corrected chi connectivity index (χ4v) is 3.19. The molecule has 1 heterocycles. The van der Waals surface area contributed by atoms with Crippen LogP contribution in [0.25, 0.3) is 0 Å². The number of thioether (sulfide) groups is 1. The Balaban J connectivity index is 2.20. The fraction of sp³-hybridized carbons (Fsp3) is 0.353. The van der Waals surface area contributed by atoms with Gasteiger partial charge in [-0.25, -0.2) is 0 Å². The van der Waals surface area contributed by atoms with E-state index >= 15 is 0 Å². The molecule has 8 heteroatoms. The van der Waals surface area contributed by atoms with Crippen molar-refractivity contribution in [1.82, 2.24) is 14.8 Å². The topological polar surface area (TPSA) is 66.2 Å². The zero-order valence-electron chi connectivity index (χ0n) is 14.4. The van der Waals surface area contributed by atoms with Crippen molar-refractivity contribution in [2.75, 3.05) is 12.9 Å². The second kappa shape index (κ2) is 8.92. The molecule has 0 spiro atoms. The number of carbonyl (C=O) groups excluding carboxylic acids is 1. The van der Waals surface area contributed by atoms with Crippen LogP contribution in [-0.4, -0.2) is 33.6 Å². The van der Waals surface area contributed by atoms with Crippen LogP contribution in [0.2, 0.25) is 5.02 Å². The summed E-state index contributed by atoms with van der Waals surface area (Å²) >= 11 is 7.24. The minimum Gasteiger partial charge on any atom is -0.482 e. The van der Waals surface area contributed by atoms with Crippen molar-refractivity contribution in [1.29, 1.82) is 0 Å². The van der Waals surface area contributed by atoms with Gasteiger partial charge in [0, 0.05) is 11.6 Å². The predicted octanol–water partition coefficient (Wildman–Crippen LogP) is 3.83. The maximum absolute atomic E-state index is 11.3. The summed E-state index contributed by atoms with van der Waals surface area (Å²) in [5.74, 6) is 1.23. The van der Waals surface area contributed by atoms with Crippen LogP contribution in [0.5, 0.6) is 5.75 Å². The molecule has 0 aliphatic rings. The van der Waals surface area contributed by atoms with Crippen LogP contribution in [0.1, 0.15) is 24.4 Å². The molecule has 0 bridgehead atoms. The minimum atomic E-state index is -0.334. The molecule has 134 valence electrons. The summed E-state index contributed by atoms with van der Waals surface area (Å²) in [6.07, 6.45) is 1.41. The third-order valence-corrected chi connectivity index (χ3v) is 4.58. The first-order chi connectivity index (χ1) is 12.0. The summed E-state index contributed by atoms with van der Waals surface area (Å²) in [5, 5.41) is 9.66. The number of aromatic nitrogens is 3. The van der Waals surface area contributed by atoms with E-state index in [0.717, 1.165) is 11.3 Å². The smallest absolute Gasteiger partial charge is 0.316 e. The SMILES string of the molecule is C=CCn1c(SCC(=O)OC)nnc1C(C)Oc1ccc(Cl)cc1C. The first-order valence-electron chi connectivity index (χ1n) is 7.62. The van der Waals surface area contributed by atoms with Crippen molar-refractivity contribution >= 4 is 29.3 Å². The number of nitrogens with zero attached hydrogens (tertiary/aromatic N) is 3. The van der Waals surface area contributed by atoms with Crippen molar-refractivity contribution in [3.63, 3.8) is 0 Å². The molecule has 0 radical (unpaired) electrons. The molecule has 2 aromatic rings.